The van der Waals surface area contributed by atoms with Crippen LogP contribution >= 0.6 is 11.6 Å². The van der Waals surface area contributed by atoms with Crippen LogP contribution in [0.5, 0.6) is 0 Å². The molecule has 0 aromatic heterocycles. The molecule has 1 amide bonds. The molecule has 154 valence electrons. The molecule has 1 aromatic rings. The zero-order chi connectivity index (χ0) is 20.5. The number of nitrogens with zero attached hydrogens (tertiary/aromatic N) is 1. The van der Waals surface area contributed by atoms with Crippen LogP contribution in [0.4, 0.5) is 0 Å². The van der Waals surface area contributed by atoms with E-state index in [2.05, 4.69) is 16.3 Å². The first-order chi connectivity index (χ1) is 13.3. The fraction of sp³-hybridized carbons (Fsp3) is 0.550. The zero-order valence-corrected chi connectivity index (χ0v) is 16.5. The fourth-order valence-electron chi connectivity index (χ4n) is 3.64. The minimum absolute atomic E-state index is 0.205. The van der Waals surface area contributed by atoms with Crippen LogP contribution in [0.25, 0.3) is 0 Å². The molecule has 1 aromatic carbocycles. The summed E-state index contributed by atoms with van der Waals surface area (Å²) >= 11 is 6.04. The quantitative estimate of drug-likeness (QED) is 0.659. The van der Waals surface area contributed by atoms with Gasteiger partial charge in [-0.25, -0.2) is 9.59 Å². The van der Waals surface area contributed by atoms with Gasteiger partial charge in [-0.3, -0.25) is 9.69 Å². The molecule has 2 fully saturated rings. The average molecular weight is 411 g/mol. The highest BCUT2D eigenvalue weighted by atomic mass is 35.5. The normalized spacial score (nSPS) is 18.2. The topological polar surface area (TPSA) is 107 Å². The second-order valence-electron chi connectivity index (χ2n) is 7.28. The average Bonchev–Trinajstić information content (AvgIpc) is 3.16. The number of rotatable bonds is 4. The van der Waals surface area contributed by atoms with Crippen molar-refractivity contribution in [2.24, 2.45) is 5.92 Å². The van der Waals surface area contributed by atoms with Gasteiger partial charge < -0.3 is 15.5 Å². The Morgan fingerprint density at radius 3 is 2.18 bits per heavy atom. The molecule has 0 atom stereocenters. The largest absolute Gasteiger partial charge is 0.473 e. The third-order valence-corrected chi connectivity index (χ3v) is 5.37. The summed E-state index contributed by atoms with van der Waals surface area (Å²) in [6.45, 7) is 2.92. The zero-order valence-electron chi connectivity index (χ0n) is 15.8. The number of likely N-dealkylation sites (tertiary alicyclic amines) is 1. The maximum Gasteiger partial charge on any atom is 0.414 e. The van der Waals surface area contributed by atoms with Crippen LogP contribution in [0.3, 0.4) is 0 Å². The summed E-state index contributed by atoms with van der Waals surface area (Å²) in [5, 5.41) is 18.8. The lowest BCUT2D eigenvalue weighted by molar-refractivity contribution is -0.159. The smallest absolute Gasteiger partial charge is 0.414 e. The Labute approximate surface area is 169 Å². The lowest BCUT2D eigenvalue weighted by atomic mass is 9.95. The van der Waals surface area contributed by atoms with Crippen LogP contribution in [0.15, 0.2) is 24.3 Å². The molecular weight excluding hydrogens is 384 g/mol. The predicted molar refractivity (Wildman–Crippen MR) is 105 cm³/mol. The molecule has 1 aliphatic carbocycles. The van der Waals surface area contributed by atoms with Gasteiger partial charge in [-0.05, 0) is 56.5 Å². The first-order valence-electron chi connectivity index (χ1n) is 9.58. The standard InChI is InChI=1S/C18H25ClN2O.C2H2O4/c19-16-5-3-4-14(12-16)13-21-10-8-15(9-11-21)18(22)20-17-6-1-2-7-17;3-1(4)2(5)6/h3-5,12,15,17H,1-2,6-11,13H2,(H,20,22);(H,3,4)(H,5,6). The Morgan fingerprint density at radius 2 is 1.64 bits per heavy atom. The third-order valence-electron chi connectivity index (χ3n) is 5.14. The molecule has 0 unspecified atom stereocenters. The lowest BCUT2D eigenvalue weighted by Gasteiger charge is -2.31. The van der Waals surface area contributed by atoms with E-state index in [-0.39, 0.29) is 11.8 Å². The number of carbonyl (C=O) groups is 3. The molecule has 8 heteroatoms. The van der Waals surface area contributed by atoms with Gasteiger partial charge in [-0.1, -0.05) is 36.6 Å². The molecule has 28 heavy (non-hydrogen) atoms. The minimum atomic E-state index is -1.82. The summed E-state index contributed by atoms with van der Waals surface area (Å²) in [6.07, 6.45) is 6.81. The van der Waals surface area contributed by atoms with Gasteiger partial charge in [0.25, 0.3) is 0 Å². The maximum atomic E-state index is 12.3. The summed E-state index contributed by atoms with van der Waals surface area (Å²) < 4.78 is 0. The molecule has 0 radical (unpaired) electrons. The lowest BCUT2D eigenvalue weighted by Crippen LogP contribution is -2.42. The number of aliphatic carboxylic acids is 2. The van der Waals surface area contributed by atoms with Gasteiger partial charge in [0.15, 0.2) is 0 Å². The summed E-state index contributed by atoms with van der Waals surface area (Å²) in [7, 11) is 0. The number of nitrogens with one attached hydrogen (secondary N) is 1. The molecule has 7 nitrogen and oxygen atoms in total. The highest BCUT2D eigenvalue weighted by Crippen LogP contribution is 2.22. The second kappa shape index (κ2) is 11.0. The molecule has 2 aliphatic rings. The summed E-state index contributed by atoms with van der Waals surface area (Å²) in [5.74, 6) is -3.16. The fourth-order valence-corrected chi connectivity index (χ4v) is 3.85. The van der Waals surface area contributed by atoms with E-state index in [1.54, 1.807) is 0 Å². The number of carboxylic acid groups (broad SMARTS) is 2. The van der Waals surface area contributed by atoms with Gasteiger partial charge in [0.2, 0.25) is 5.91 Å². The number of hydrogen-bond acceptors (Lipinski definition) is 4. The van der Waals surface area contributed by atoms with Crippen LogP contribution in [0.1, 0.15) is 44.1 Å². The predicted octanol–water partition coefficient (Wildman–Crippen LogP) is 2.77. The maximum absolute atomic E-state index is 12.3. The Hall–Kier alpha value is -2.12. The van der Waals surface area contributed by atoms with E-state index in [9.17, 15) is 4.79 Å². The molecule has 3 N–H and O–H groups in total. The number of piperidine rings is 1. The van der Waals surface area contributed by atoms with Crippen molar-refractivity contribution < 1.29 is 24.6 Å². The van der Waals surface area contributed by atoms with Crippen molar-refractivity contribution in [3.05, 3.63) is 34.9 Å². The van der Waals surface area contributed by atoms with E-state index in [4.69, 9.17) is 31.4 Å². The third kappa shape index (κ3) is 7.48. The van der Waals surface area contributed by atoms with Crippen molar-refractivity contribution in [1.82, 2.24) is 10.2 Å². The first-order valence-corrected chi connectivity index (χ1v) is 9.96. The van der Waals surface area contributed by atoms with E-state index in [0.29, 0.717) is 6.04 Å². The van der Waals surface area contributed by atoms with Crippen LogP contribution in [0, 0.1) is 5.92 Å². The number of hydrogen-bond donors (Lipinski definition) is 3. The van der Waals surface area contributed by atoms with Crippen molar-refractivity contribution >= 4 is 29.4 Å². The molecule has 3 rings (SSSR count). The van der Waals surface area contributed by atoms with Gasteiger partial charge in [0.1, 0.15) is 0 Å². The van der Waals surface area contributed by atoms with Gasteiger partial charge >= 0.3 is 11.9 Å². The van der Waals surface area contributed by atoms with Crippen molar-refractivity contribution in [1.29, 1.82) is 0 Å². The molecule has 0 spiro atoms. The second-order valence-corrected chi connectivity index (χ2v) is 7.72. The van der Waals surface area contributed by atoms with Crippen molar-refractivity contribution in [2.45, 2.75) is 51.1 Å². The summed E-state index contributed by atoms with van der Waals surface area (Å²) in [5.41, 5.74) is 1.25. The van der Waals surface area contributed by atoms with E-state index in [1.165, 1.54) is 31.2 Å². The number of halogens is 1. The van der Waals surface area contributed by atoms with E-state index < -0.39 is 11.9 Å². The summed E-state index contributed by atoms with van der Waals surface area (Å²) in [4.78, 5) is 32.9. The van der Waals surface area contributed by atoms with Gasteiger partial charge in [0, 0.05) is 23.5 Å². The van der Waals surface area contributed by atoms with Crippen LogP contribution in [0.2, 0.25) is 5.02 Å². The van der Waals surface area contributed by atoms with Crippen LogP contribution in [-0.4, -0.2) is 52.1 Å². The van der Waals surface area contributed by atoms with E-state index in [0.717, 1.165) is 37.5 Å². The minimum Gasteiger partial charge on any atom is -0.473 e. The number of carboxylic acids is 2. The molecular formula is C20H27ClN2O5. The number of amides is 1. The summed E-state index contributed by atoms with van der Waals surface area (Å²) in [6, 6.07) is 8.49. The first kappa shape index (κ1) is 22.2. The van der Waals surface area contributed by atoms with Crippen molar-refractivity contribution in [3.8, 4) is 0 Å². The van der Waals surface area contributed by atoms with E-state index in [1.807, 2.05) is 18.2 Å². The number of carbonyl (C=O) groups excluding carboxylic acids is 1. The Kier molecular flexibility index (Phi) is 8.73. The highest BCUT2D eigenvalue weighted by Gasteiger charge is 2.27. The SMILES string of the molecule is O=C(NC1CCCC1)C1CCN(Cc2cccc(Cl)c2)CC1.O=C(O)C(=O)O. The van der Waals surface area contributed by atoms with Gasteiger partial charge in [-0.2, -0.15) is 0 Å². The Balaban J connectivity index is 0.000000409. The molecule has 1 aliphatic heterocycles. The highest BCUT2D eigenvalue weighted by molar-refractivity contribution is 6.30. The van der Waals surface area contributed by atoms with Crippen molar-refractivity contribution in [3.63, 3.8) is 0 Å². The monoisotopic (exact) mass is 410 g/mol. The van der Waals surface area contributed by atoms with Crippen LogP contribution in [-0.2, 0) is 20.9 Å². The number of benzene rings is 1. The van der Waals surface area contributed by atoms with Gasteiger partial charge in [0.05, 0.1) is 0 Å². The van der Waals surface area contributed by atoms with E-state index >= 15 is 0 Å². The Bertz CT molecular complexity index is 671. The molecule has 0 bridgehead atoms. The van der Waals surface area contributed by atoms with Crippen molar-refractivity contribution in [2.75, 3.05) is 13.1 Å². The molecule has 1 saturated carbocycles. The molecule has 1 saturated heterocycles. The van der Waals surface area contributed by atoms with Crippen LogP contribution < -0.4 is 5.32 Å². The van der Waals surface area contributed by atoms with Gasteiger partial charge in [-0.15, -0.1) is 0 Å². The molecule has 1 heterocycles. The Morgan fingerprint density at radius 1 is 1.04 bits per heavy atom.